The number of rotatable bonds is 3. The number of ketones is 1. The van der Waals surface area contributed by atoms with Gasteiger partial charge in [0.05, 0.1) is 0 Å². The van der Waals surface area contributed by atoms with E-state index < -0.39 is 0 Å². The molecule has 1 saturated carbocycles. The molecular formula is C15H21NO. The maximum absolute atomic E-state index is 12.1. The summed E-state index contributed by atoms with van der Waals surface area (Å²) in [5.74, 6) is 0.559. The Bertz CT molecular complexity index is 382. The van der Waals surface area contributed by atoms with Crippen LogP contribution in [0.1, 0.15) is 36.8 Å². The standard InChI is InChI=1S/C15H21NO/c1-11-5-7-12(8-6-11)9-15(17)13-3-2-4-14(16)10-13/h5-8,13-14H,2-4,9-10,16H2,1H3. The second-order valence-corrected chi connectivity index (χ2v) is 5.25. The van der Waals surface area contributed by atoms with Gasteiger partial charge in [-0.25, -0.2) is 0 Å². The van der Waals surface area contributed by atoms with E-state index in [9.17, 15) is 4.79 Å². The Labute approximate surface area is 103 Å². The van der Waals surface area contributed by atoms with Gasteiger partial charge in [0, 0.05) is 18.4 Å². The van der Waals surface area contributed by atoms with Crippen LogP contribution >= 0.6 is 0 Å². The van der Waals surface area contributed by atoms with E-state index in [1.165, 1.54) is 5.56 Å². The highest BCUT2D eigenvalue weighted by Gasteiger charge is 2.24. The first-order valence-corrected chi connectivity index (χ1v) is 6.49. The van der Waals surface area contributed by atoms with E-state index in [1.54, 1.807) is 0 Å². The second-order valence-electron chi connectivity index (χ2n) is 5.25. The molecule has 0 radical (unpaired) electrons. The van der Waals surface area contributed by atoms with Crippen LogP contribution in [0.4, 0.5) is 0 Å². The lowest BCUT2D eigenvalue weighted by atomic mass is 9.82. The van der Waals surface area contributed by atoms with Gasteiger partial charge in [-0.3, -0.25) is 4.79 Å². The Hall–Kier alpha value is -1.15. The molecule has 2 rings (SSSR count). The van der Waals surface area contributed by atoms with E-state index in [1.807, 2.05) is 0 Å². The van der Waals surface area contributed by atoms with Gasteiger partial charge in [-0.15, -0.1) is 0 Å². The van der Waals surface area contributed by atoms with Gasteiger partial charge in [-0.1, -0.05) is 36.2 Å². The van der Waals surface area contributed by atoms with Gasteiger partial charge in [0.15, 0.2) is 0 Å². The third kappa shape index (κ3) is 3.40. The summed E-state index contributed by atoms with van der Waals surface area (Å²) in [5, 5.41) is 0. The van der Waals surface area contributed by atoms with Gasteiger partial charge in [0.2, 0.25) is 0 Å². The predicted molar refractivity (Wildman–Crippen MR) is 69.8 cm³/mol. The predicted octanol–water partition coefficient (Wildman–Crippen LogP) is 2.62. The molecule has 0 heterocycles. The highest BCUT2D eigenvalue weighted by Crippen LogP contribution is 2.25. The third-order valence-electron chi connectivity index (χ3n) is 3.67. The van der Waals surface area contributed by atoms with Crippen LogP contribution in [0.2, 0.25) is 0 Å². The maximum atomic E-state index is 12.1. The van der Waals surface area contributed by atoms with Crippen LogP contribution in [0, 0.1) is 12.8 Å². The molecule has 2 heteroatoms. The van der Waals surface area contributed by atoms with Gasteiger partial charge in [0.1, 0.15) is 5.78 Å². The third-order valence-corrected chi connectivity index (χ3v) is 3.67. The van der Waals surface area contributed by atoms with E-state index >= 15 is 0 Å². The lowest BCUT2D eigenvalue weighted by molar-refractivity contribution is -0.123. The lowest BCUT2D eigenvalue weighted by Gasteiger charge is -2.25. The van der Waals surface area contributed by atoms with E-state index in [2.05, 4.69) is 31.2 Å². The summed E-state index contributed by atoms with van der Waals surface area (Å²) in [6.07, 6.45) is 4.65. The average Bonchev–Trinajstić information content (AvgIpc) is 2.32. The van der Waals surface area contributed by atoms with Crippen LogP contribution in [-0.4, -0.2) is 11.8 Å². The normalized spacial score (nSPS) is 24.6. The Morgan fingerprint density at radius 1 is 1.29 bits per heavy atom. The molecule has 17 heavy (non-hydrogen) atoms. The molecule has 2 nitrogen and oxygen atoms in total. The van der Waals surface area contributed by atoms with Gasteiger partial charge in [-0.2, -0.15) is 0 Å². The van der Waals surface area contributed by atoms with Crippen LogP contribution in [0.25, 0.3) is 0 Å². The fourth-order valence-corrected chi connectivity index (χ4v) is 2.57. The molecule has 2 N–H and O–H groups in total. The van der Waals surface area contributed by atoms with Crippen molar-refractivity contribution in [1.82, 2.24) is 0 Å². The number of carbonyl (C=O) groups is 1. The minimum Gasteiger partial charge on any atom is -0.328 e. The fourth-order valence-electron chi connectivity index (χ4n) is 2.57. The van der Waals surface area contributed by atoms with Crippen molar-refractivity contribution in [2.75, 3.05) is 0 Å². The van der Waals surface area contributed by atoms with Crippen LogP contribution in [0.3, 0.4) is 0 Å². The van der Waals surface area contributed by atoms with Crippen LogP contribution < -0.4 is 5.73 Å². The first kappa shape index (κ1) is 12.3. The summed E-state index contributed by atoms with van der Waals surface area (Å²) in [6, 6.07) is 8.46. The first-order chi connectivity index (χ1) is 8.15. The molecular weight excluding hydrogens is 210 g/mol. The molecule has 0 bridgehead atoms. The Balaban J connectivity index is 1.94. The van der Waals surface area contributed by atoms with Gasteiger partial charge >= 0.3 is 0 Å². The summed E-state index contributed by atoms with van der Waals surface area (Å²) < 4.78 is 0. The molecule has 2 atom stereocenters. The number of carbonyl (C=O) groups excluding carboxylic acids is 1. The van der Waals surface area contributed by atoms with Crippen molar-refractivity contribution < 1.29 is 4.79 Å². The molecule has 1 aromatic rings. The van der Waals surface area contributed by atoms with E-state index in [-0.39, 0.29) is 12.0 Å². The zero-order valence-corrected chi connectivity index (χ0v) is 10.5. The highest BCUT2D eigenvalue weighted by atomic mass is 16.1. The van der Waals surface area contributed by atoms with E-state index in [0.29, 0.717) is 12.2 Å². The van der Waals surface area contributed by atoms with Crippen LogP contribution in [0.15, 0.2) is 24.3 Å². The molecule has 0 aliphatic heterocycles. The van der Waals surface area contributed by atoms with Crippen molar-refractivity contribution in [3.05, 3.63) is 35.4 Å². The summed E-state index contributed by atoms with van der Waals surface area (Å²) >= 11 is 0. The van der Waals surface area contributed by atoms with Crippen molar-refractivity contribution in [2.24, 2.45) is 11.7 Å². The summed E-state index contributed by atoms with van der Waals surface area (Å²) in [5.41, 5.74) is 8.29. The largest absolute Gasteiger partial charge is 0.328 e. The molecule has 1 aromatic carbocycles. The first-order valence-electron chi connectivity index (χ1n) is 6.49. The van der Waals surface area contributed by atoms with Gasteiger partial charge in [-0.05, 0) is 31.7 Å². The summed E-state index contributed by atoms with van der Waals surface area (Å²) in [6.45, 7) is 2.06. The number of Topliss-reactive ketones (excluding diaryl/α,β-unsaturated/α-hetero) is 1. The molecule has 0 amide bonds. The quantitative estimate of drug-likeness (QED) is 0.869. The van der Waals surface area contributed by atoms with Crippen molar-refractivity contribution in [1.29, 1.82) is 0 Å². The second kappa shape index (κ2) is 5.46. The van der Waals surface area contributed by atoms with Crippen molar-refractivity contribution >= 4 is 5.78 Å². The number of nitrogens with two attached hydrogens (primary N) is 1. The minimum absolute atomic E-state index is 0.194. The van der Waals surface area contributed by atoms with Crippen LogP contribution in [0.5, 0.6) is 0 Å². The Morgan fingerprint density at radius 3 is 2.65 bits per heavy atom. The topological polar surface area (TPSA) is 43.1 Å². The van der Waals surface area contributed by atoms with Gasteiger partial charge in [0.25, 0.3) is 0 Å². The average molecular weight is 231 g/mol. The van der Waals surface area contributed by atoms with Crippen LogP contribution in [-0.2, 0) is 11.2 Å². The van der Waals surface area contributed by atoms with E-state index in [0.717, 1.165) is 31.2 Å². The number of hydrogen-bond donors (Lipinski definition) is 1. The fraction of sp³-hybridized carbons (Fsp3) is 0.533. The molecule has 1 aliphatic rings. The SMILES string of the molecule is Cc1ccc(CC(=O)C2CCCC(N)C2)cc1. The monoisotopic (exact) mass is 231 g/mol. The molecule has 92 valence electrons. The van der Waals surface area contributed by atoms with Gasteiger partial charge < -0.3 is 5.73 Å². The lowest BCUT2D eigenvalue weighted by Crippen LogP contribution is -2.32. The highest BCUT2D eigenvalue weighted by molar-refractivity contribution is 5.83. The maximum Gasteiger partial charge on any atom is 0.140 e. The Morgan fingerprint density at radius 2 is 2.00 bits per heavy atom. The molecule has 1 fully saturated rings. The van der Waals surface area contributed by atoms with Crippen molar-refractivity contribution in [3.8, 4) is 0 Å². The van der Waals surface area contributed by atoms with E-state index in [4.69, 9.17) is 5.73 Å². The molecule has 2 unspecified atom stereocenters. The Kier molecular flexibility index (Phi) is 3.95. The molecule has 0 spiro atoms. The number of hydrogen-bond acceptors (Lipinski definition) is 2. The van der Waals surface area contributed by atoms with Crippen molar-refractivity contribution in [2.45, 2.75) is 45.1 Å². The molecule has 0 aromatic heterocycles. The number of aryl methyl sites for hydroxylation is 1. The smallest absolute Gasteiger partial charge is 0.140 e. The van der Waals surface area contributed by atoms with Crippen molar-refractivity contribution in [3.63, 3.8) is 0 Å². The molecule has 0 saturated heterocycles. The number of benzene rings is 1. The summed E-state index contributed by atoms with van der Waals surface area (Å²) in [4.78, 5) is 12.1. The molecule has 1 aliphatic carbocycles. The zero-order chi connectivity index (χ0) is 12.3. The minimum atomic E-state index is 0.194. The zero-order valence-electron chi connectivity index (χ0n) is 10.5. The summed E-state index contributed by atoms with van der Waals surface area (Å²) in [7, 11) is 0.